The minimum absolute atomic E-state index is 0.0628. The van der Waals surface area contributed by atoms with Crippen LogP contribution in [0.25, 0.3) is 0 Å². The van der Waals surface area contributed by atoms with Gasteiger partial charge in [0.25, 0.3) is 0 Å². The molecule has 94 valence electrons. The molecule has 0 bridgehead atoms. The molecule has 0 amide bonds. The molecule has 4 nitrogen and oxygen atoms in total. The third-order valence-corrected chi connectivity index (χ3v) is 3.29. The number of rotatable bonds is 6. The number of methoxy groups -OCH3 is 1. The van der Waals surface area contributed by atoms with Crippen LogP contribution in [0.5, 0.6) is 0 Å². The Morgan fingerprint density at radius 2 is 2.29 bits per heavy atom. The Bertz CT molecular complexity index is 365. The van der Waals surface area contributed by atoms with Crippen LogP contribution in [0.15, 0.2) is 12.3 Å². The molecular formula is C13H21N3O. The summed E-state index contributed by atoms with van der Waals surface area (Å²) in [5.74, 6) is 1.42. The largest absolute Gasteiger partial charge is 0.373 e. The van der Waals surface area contributed by atoms with Gasteiger partial charge in [-0.15, -0.1) is 0 Å². The highest BCUT2D eigenvalue weighted by molar-refractivity contribution is 5.08. The third kappa shape index (κ3) is 3.23. The second-order valence-electron chi connectivity index (χ2n) is 4.77. The molecule has 2 rings (SSSR count). The maximum absolute atomic E-state index is 5.94. The molecule has 0 aromatic carbocycles. The van der Waals surface area contributed by atoms with Crippen LogP contribution in [-0.2, 0) is 11.2 Å². The maximum atomic E-state index is 5.94. The Morgan fingerprint density at radius 3 is 2.88 bits per heavy atom. The van der Waals surface area contributed by atoms with Crippen LogP contribution in [0.3, 0.4) is 0 Å². The summed E-state index contributed by atoms with van der Waals surface area (Å²) in [6, 6.07) is 2.12. The average molecular weight is 235 g/mol. The van der Waals surface area contributed by atoms with Crippen LogP contribution in [-0.4, -0.2) is 23.1 Å². The van der Waals surface area contributed by atoms with Crippen molar-refractivity contribution >= 4 is 0 Å². The van der Waals surface area contributed by atoms with Gasteiger partial charge in [-0.2, -0.15) is 0 Å². The van der Waals surface area contributed by atoms with Gasteiger partial charge in [-0.1, -0.05) is 6.92 Å². The predicted octanol–water partition coefficient (Wildman–Crippen LogP) is 1.85. The van der Waals surface area contributed by atoms with Crippen LogP contribution in [0.2, 0.25) is 0 Å². The first-order valence-corrected chi connectivity index (χ1v) is 6.34. The quantitative estimate of drug-likeness (QED) is 0.817. The molecule has 0 saturated heterocycles. The lowest BCUT2D eigenvalue weighted by Gasteiger charge is -2.14. The van der Waals surface area contributed by atoms with E-state index < -0.39 is 0 Å². The van der Waals surface area contributed by atoms with Crippen LogP contribution in [0, 0.1) is 5.92 Å². The van der Waals surface area contributed by atoms with Crippen LogP contribution in [0.4, 0.5) is 0 Å². The zero-order valence-electron chi connectivity index (χ0n) is 10.6. The summed E-state index contributed by atoms with van der Waals surface area (Å²) in [5.41, 5.74) is 6.96. The highest BCUT2D eigenvalue weighted by Crippen LogP contribution is 2.41. The average Bonchev–Trinajstić information content (AvgIpc) is 3.15. The highest BCUT2D eigenvalue weighted by Gasteiger charge is 2.34. The molecule has 0 radical (unpaired) electrons. The fraction of sp³-hybridized carbons (Fsp3) is 0.692. The molecule has 1 aromatic heterocycles. The van der Waals surface area contributed by atoms with Crippen molar-refractivity contribution in [2.45, 2.75) is 44.8 Å². The van der Waals surface area contributed by atoms with E-state index in [0.29, 0.717) is 5.92 Å². The highest BCUT2D eigenvalue weighted by atomic mass is 16.5. The summed E-state index contributed by atoms with van der Waals surface area (Å²) in [6.07, 6.45) is 6.10. The normalized spacial score (nSPS) is 19.0. The van der Waals surface area contributed by atoms with E-state index in [2.05, 4.69) is 16.9 Å². The second kappa shape index (κ2) is 5.56. The molecule has 1 saturated carbocycles. The van der Waals surface area contributed by atoms with Crippen molar-refractivity contribution in [1.82, 2.24) is 9.97 Å². The van der Waals surface area contributed by atoms with Gasteiger partial charge in [0, 0.05) is 31.5 Å². The maximum Gasteiger partial charge on any atom is 0.157 e. The molecule has 0 aliphatic heterocycles. The Kier molecular flexibility index (Phi) is 4.07. The van der Waals surface area contributed by atoms with Crippen molar-refractivity contribution in [3.05, 3.63) is 23.8 Å². The molecule has 1 heterocycles. The topological polar surface area (TPSA) is 61.0 Å². The Balaban J connectivity index is 2.09. The van der Waals surface area contributed by atoms with Crippen molar-refractivity contribution in [3.63, 3.8) is 0 Å². The monoisotopic (exact) mass is 235 g/mol. The number of nitrogens with two attached hydrogens (primary N) is 1. The summed E-state index contributed by atoms with van der Waals surface area (Å²) < 4.78 is 5.49. The van der Waals surface area contributed by atoms with Gasteiger partial charge in [0.15, 0.2) is 5.82 Å². The molecule has 0 spiro atoms. The number of nitrogens with zero attached hydrogens (tertiary/aromatic N) is 2. The van der Waals surface area contributed by atoms with E-state index in [-0.39, 0.29) is 12.1 Å². The zero-order valence-corrected chi connectivity index (χ0v) is 10.6. The van der Waals surface area contributed by atoms with Crippen LogP contribution >= 0.6 is 0 Å². The Hall–Kier alpha value is -1.00. The lowest BCUT2D eigenvalue weighted by atomic mass is 10.1. The van der Waals surface area contributed by atoms with Crippen molar-refractivity contribution in [2.24, 2.45) is 11.7 Å². The molecule has 4 heteroatoms. The van der Waals surface area contributed by atoms with Crippen LogP contribution in [0.1, 0.15) is 43.8 Å². The van der Waals surface area contributed by atoms with Gasteiger partial charge in [-0.05, 0) is 31.2 Å². The number of aromatic nitrogens is 2. The molecule has 2 unspecified atom stereocenters. The van der Waals surface area contributed by atoms with Gasteiger partial charge in [0.05, 0.1) is 0 Å². The van der Waals surface area contributed by atoms with Crippen molar-refractivity contribution < 1.29 is 4.74 Å². The van der Waals surface area contributed by atoms with E-state index in [1.54, 1.807) is 7.11 Å². The van der Waals surface area contributed by atoms with Gasteiger partial charge in [-0.3, -0.25) is 0 Å². The van der Waals surface area contributed by atoms with E-state index in [9.17, 15) is 0 Å². The van der Waals surface area contributed by atoms with Crippen molar-refractivity contribution in [2.75, 3.05) is 7.11 Å². The molecule has 1 aliphatic rings. The van der Waals surface area contributed by atoms with Gasteiger partial charge < -0.3 is 10.5 Å². The summed E-state index contributed by atoms with van der Waals surface area (Å²) in [5, 5.41) is 0. The zero-order chi connectivity index (χ0) is 12.3. The molecule has 2 N–H and O–H groups in total. The van der Waals surface area contributed by atoms with Crippen molar-refractivity contribution in [3.8, 4) is 0 Å². The minimum atomic E-state index is 0.0628. The fourth-order valence-corrected chi connectivity index (χ4v) is 1.98. The summed E-state index contributed by atoms with van der Waals surface area (Å²) in [6.45, 7) is 2.09. The first kappa shape index (κ1) is 12.5. The predicted molar refractivity (Wildman–Crippen MR) is 66.5 cm³/mol. The molecule has 1 aromatic rings. The Labute approximate surface area is 103 Å². The first-order chi connectivity index (χ1) is 8.24. The summed E-state index contributed by atoms with van der Waals surface area (Å²) in [7, 11) is 1.73. The van der Waals surface area contributed by atoms with E-state index in [0.717, 1.165) is 24.4 Å². The lowest BCUT2D eigenvalue weighted by molar-refractivity contribution is 0.0770. The van der Waals surface area contributed by atoms with Gasteiger partial charge in [0.1, 0.15) is 6.10 Å². The molecular weight excluding hydrogens is 214 g/mol. The SMILES string of the molecule is CCC(N)Cc1ccnc(C(OC)C2CC2)n1. The number of hydrogen-bond donors (Lipinski definition) is 1. The van der Waals surface area contributed by atoms with Gasteiger partial charge >= 0.3 is 0 Å². The summed E-state index contributed by atoms with van der Waals surface area (Å²) >= 11 is 0. The fourth-order valence-electron chi connectivity index (χ4n) is 1.98. The number of ether oxygens (including phenoxy) is 1. The second-order valence-corrected chi connectivity index (χ2v) is 4.77. The molecule has 1 fully saturated rings. The molecule has 2 atom stereocenters. The molecule has 17 heavy (non-hydrogen) atoms. The van der Waals surface area contributed by atoms with Crippen molar-refractivity contribution in [1.29, 1.82) is 0 Å². The van der Waals surface area contributed by atoms with E-state index in [1.807, 2.05) is 12.3 Å². The molecule has 1 aliphatic carbocycles. The summed E-state index contributed by atoms with van der Waals surface area (Å²) in [4.78, 5) is 8.90. The third-order valence-electron chi connectivity index (χ3n) is 3.29. The van der Waals surface area contributed by atoms with Gasteiger partial charge in [-0.25, -0.2) is 9.97 Å². The van der Waals surface area contributed by atoms with Gasteiger partial charge in [0.2, 0.25) is 0 Å². The first-order valence-electron chi connectivity index (χ1n) is 6.34. The van der Waals surface area contributed by atoms with E-state index in [4.69, 9.17) is 10.5 Å². The minimum Gasteiger partial charge on any atom is -0.373 e. The standard InChI is InChI=1S/C13H21N3O/c1-3-10(14)8-11-6-7-15-13(16-11)12(17-2)9-4-5-9/h6-7,9-10,12H,3-5,8,14H2,1-2H3. The smallest absolute Gasteiger partial charge is 0.157 e. The lowest BCUT2D eigenvalue weighted by Crippen LogP contribution is -2.22. The van der Waals surface area contributed by atoms with E-state index in [1.165, 1.54) is 12.8 Å². The Morgan fingerprint density at radius 1 is 1.53 bits per heavy atom. The number of hydrogen-bond acceptors (Lipinski definition) is 4. The van der Waals surface area contributed by atoms with E-state index >= 15 is 0 Å². The van der Waals surface area contributed by atoms with Crippen LogP contribution < -0.4 is 5.73 Å².